The number of carbonyl (C=O) groups is 1. The van der Waals surface area contributed by atoms with Gasteiger partial charge in [-0.25, -0.2) is 0 Å². The van der Waals surface area contributed by atoms with Gasteiger partial charge in [0.2, 0.25) is 5.78 Å². The maximum Gasteiger partial charge on any atom is 0.213 e. The Labute approximate surface area is 109 Å². The SMILES string of the molecule is CC(C)n1ncc(Br)c1C(=O)C1(C)CCCO1. The first-order valence-corrected chi connectivity index (χ1v) is 6.67. The summed E-state index contributed by atoms with van der Waals surface area (Å²) in [7, 11) is 0. The third-order valence-electron chi connectivity index (χ3n) is 3.15. The average Bonchev–Trinajstić information content (AvgIpc) is 2.85. The summed E-state index contributed by atoms with van der Waals surface area (Å²) in [6.07, 6.45) is 3.39. The lowest BCUT2D eigenvalue weighted by Gasteiger charge is -2.22. The van der Waals surface area contributed by atoms with Gasteiger partial charge in [0.1, 0.15) is 11.3 Å². The number of aromatic nitrogens is 2. The van der Waals surface area contributed by atoms with E-state index in [-0.39, 0.29) is 11.8 Å². The van der Waals surface area contributed by atoms with Gasteiger partial charge in [-0.3, -0.25) is 9.48 Å². The van der Waals surface area contributed by atoms with Gasteiger partial charge in [-0.05, 0) is 49.5 Å². The fourth-order valence-electron chi connectivity index (χ4n) is 2.15. The Kier molecular flexibility index (Phi) is 3.41. The fourth-order valence-corrected chi connectivity index (χ4v) is 2.61. The summed E-state index contributed by atoms with van der Waals surface area (Å²) in [5, 5.41) is 4.23. The van der Waals surface area contributed by atoms with Crippen molar-refractivity contribution < 1.29 is 9.53 Å². The number of rotatable bonds is 3. The van der Waals surface area contributed by atoms with Crippen molar-refractivity contribution in [3.63, 3.8) is 0 Å². The zero-order valence-electron chi connectivity index (χ0n) is 10.4. The Morgan fingerprint density at radius 3 is 2.88 bits per heavy atom. The Balaban J connectivity index is 2.39. The van der Waals surface area contributed by atoms with Gasteiger partial charge >= 0.3 is 0 Å². The molecule has 0 bridgehead atoms. The highest BCUT2D eigenvalue weighted by Gasteiger charge is 2.40. The van der Waals surface area contributed by atoms with Crippen molar-refractivity contribution in [2.24, 2.45) is 0 Å². The molecule has 2 rings (SSSR count). The maximum atomic E-state index is 12.6. The second-order valence-electron chi connectivity index (χ2n) is 4.89. The van der Waals surface area contributed by atoms with Crippen molar-refractivity contribution in [3.05, 3.63) is 16.4 Å². The quantitative estimate of drug-likeness (QED) is 0.806. The topological polar surface area (TPSA) is 44.1 Å². The number of ether oxygens (including phenoxy) is 1. The van der Waals surface area contributed by atoms with Crippen LogP contribution in [0.4, 0.5) is 0 Å². The van der Waals surface area contributed by atoms with Gasteiger partial charge in [-0.1, -0.05) is 0 Å². The second kappa shape index (κ2) is 4.53. The van der Waals surface area contributed by atoms with Crippen molar-refractivity contribution in [3.8, 4) is 0 Å². The van der Waals surface area contributed by atoms with Crippen LogP contribution in [0.5, 0.6) is 0 Å². The number of halogens is 1. The minimum atomic E-state index is -0.685. The van der Waals surface area contributed by atoms with E-state index in [4.69, 9.17) is 4.74 Å². The van der Waals surface area contributed by atoms with Crippen LogP contribution in [-0.2, 0) is 4.74 Å². The van der Waals surface area contributed by atoms with Gasteiger partial charge in [0.05, 0.1) is 10.7 Å². The molecule has 1 aliphatic rings. The van der Waals surface area contributed by atoms with E-state index in [9.17, 15) is 4.79 Å². The lowest BCUT2D eigenvalue weighted by Crippen LogP contribution is -2.36. The Morgan fingerprint density at radius 1 is 1.65 bits per heavy atom. The first-order valence-electron chi connectivity index (χ1n) is 5.87. The van der Waals surface area contributed by atoms with E-state index in [2.05, 4.69) is 21.0 Å². The zero-order chi connectivity index (χ0) is 12.6. The van der Waals surface area contributed by atoms with E-state index in [1.807, 2.05) is 20.8 Å². The molecular formula is C12H17BrN2O2. The Bertz CT molecular complexity index is 434. The molecule has 0 saturated carbocycles. The molecule has 0 N–H and O–H groups in total. The van der Waals surface area contributed by atoms with Gasteiger partial charge in [0.25, 0.3) is 0 Å². The number of hydrogen-bond donors (Lipinski definition) is 0. The zero-order valence-corrected chi connectivity index (χ0v) is 12.0. The summed E-state index contributed by atoms with van der Waals surface area (Å²) in [6, 6.07) is 0.158. The fraction of sp³-hybridized carbons (Fsp3) is 0.667. The van der Waals surface area contributed by atoms with Crippen molar-refractivity contribution in [2.45, 2.75) is 45.3 Å². The largest absolute Gasteiger partial charge is 0.367 e. The van der Waals surface area contributed by atoms with Crippen LogP contribution in [0.1, 0.15) is 50.1 Å². The van der Waals surface area contributed by atoms with Gasteiger partial charge in [-0.15, -0.1) is 0 Å². The summed E-state index contributed by atoms with van der Waals surface area (Å²) in [6.45, 7) is 6.55. The van der Waals surface area contributed by atoms with Crippen molar-refractivity contribution in [1.82, 2.24) is 9.78 Å². The molecule has 1 atom stereocenters. The molecule has 5 heteroatoms. The van der Waals surface area contributed by atoms with Crippen LogP contribution >= 0.6 is 15.9 Å². The van der Waals surface area contributed by atoms with E-state index in [0.29, 0.717) is 12.3 Å². The van der Waals surface area contributed by atoms with E-state index < -0.39 is 5.60 Å². The van der Waals surface area contributed by atoms with Crippen LogP contribution in [0, 0.1) is 0 Å². The standard InChI is InChI=1S/C12H17BrN2O2/c1-8(2)15-10(9(13)7-14-15)11(16)12(3)5-4-6-17-12/h7-8H,4-6H2,1-3H3. The van der Waals surface area contributed by atoms with E-state index in [1.54, 1.807) is 10.9 Å². The maximum absolute atomic E-state index is 12.6. The normalized spacial score (nSPS) is 24.5. The number of nitrogens with zero attached hydrogens (tertiary/aromatic N) is 2. The van der Waals surface area contributed by atoms with Gasteiger partial charge in [-0.2, -0.15) is 5.10 Å². The van der Waals surface area contributed by atoms with Crippen molar-refractivity contribution in [1.29, 1.82) is 0 Å². The predicted molar refractivity (Wildman–Crippen MR) is 68.2 cm³/mol. The minimum absolute atomic E-state index is 0.0214. The van der Waals surface area contributed by atoms with Crippen molar-refractivity contribution in [2.75, 3.05) is 6.61 Å². The molecule has 1 aromatic rings. The highest BCUT2D eigenvalue weighted by atomic mass is 79.9. The molecule has 17 heavy (non-hydrogen) atoms. The van der Waals surface area contributed by atoms with Crippen molar-refractivity contribution >= 4 is 21.7 Å². The molecule has 1 unspecified atom stereocenters. The van der Waals surface area contributed by atoms with Crippen LogP contribution in [0.2, 0.25) is 0 Å². The third-order valence-corrected chi connectivity index (χ3v) is 3.73. The van der Waals surface area contributed by atoms with Crippen LogP contribution in [0.3, 0.4) is 0 Å². The summed E-state index contributed by atoms with van der Waals surface area (Å²) < 4.78 is 8.10. The molecule has 0 aromatic carbocycles. The number of hydrogen-bond acceptors (Lipinski definition) is 3. The lowest BCUT2D eigenvalue weighted by atomic mass is 9.95. The number of ketones is 1. The molecule has 2 heterocycles. The first-order chi connectivity index (χ1) is 7.96. The van der Waals surface area contributed by atoms with Crippen LogP contribution in [0.15, 0.2) is 10.7 Å². The molecule has 4 nitrogen and oxygen atoms in total. The molecule has 94 valence electrons. The Morgan fingerprint density at radius 2 is 2.35 bits per heavy atom. The summed E-state index contributed by atoms with van der Waals surface area (Å²) >= 11 is 3.40. The molecule has 1 fully saturated rings. The van der Waals surface area contributed by atoms with Crippen LogP contribution in [0.25, 0.3) is 0 Å². The summed E-state index contributed by atoms with van der Waals surface area (Å²) in [5.74, 6) is 0.0214. The van der Waals surface area contributed by atoms with E-state index >= 15 is 0 Å². The van der Waals surface area contributed by atoms with E-state index in [1.165, 1.54) is 0 Å². The third kappa shape index (κ3) is 2.18. The number of Topliss-reactive ketones (excluding diaryl/α,β-unsaturated/α-hetero) is 1. The highest BCUT2D eigenvalue weighted by Crippen LogP contribution is 2.32. The molecule has 0 aliphatic carbocycles. The lowest BCUT2D eigenvalue weighted by molar-refractivity contribution is 0.0202. The molecule has 0 amide bonds. The minimum Gasteiger partial charge on any atom is -0.367 e. The smallest absolute Gasteiger partial charge is 0.213 e. The molecule has 0 spiro atoms. The highest BCUT2D eigenvalue weighted by molar-refractivity contribution is 9.10. The molecule has 1 saturated heterocycles. The second-order valence-corrected chi connectivity index (χ2v) is 5.75. The van der Waals surface area contributed by atoms with Crippen LogP contribution in [-0.4, -0.2) is 27.8 Å². The van der Waals surface area contributed by atoms with Crippen LogP contribution < -0.4 is 0 Å². The number of carbonyl (C=O) groups excluding carboxylic acids is 1. The molecule has 1 aliphatic heterocycles. The summed E-state index contributed by atoms with van der Waals surface area (Å²) in [5.41, 5.74) is -0.0701. The van der Waals surface area contributed by atoms with E-state index in [0.717, 1.165) is 17.3 Å². The average molecular weight is 301 g/mol. The van der Waals surface area contributed by atoms with Gasteiger partial charge < -0.3 is 4.74 Å². The monoisotopic (exact) mass is 300 g/mol. The summed E-state index contributed by atoms with van der Waals surface area (Å²) in [4.78, 5) is 12.6. The predicted octanol–water partition coefficient (Wildman–Crippen LogP) is 2.98. The first kappa shape index (κ1) is 12.8. The molecule has 1 aromatic heterocycles. The van der Waals surface area contributed by atoms with Gasteiger partial charge in [0, 0.05) is 12.6 Å². The Hall–Kier alpha value is -0.680. The van der Waals surface area contributed by atoms with Gasteiger partial charge in [0.15, 0.2) is 0 Å². The molecule has 0 radical (unpaired) electrons. The molecular weight excluding hydrogens is 284 g/mol.